The molecule has 6 heteroatoms. The summed E-state index contributed by atoms with van der Waals surface area (Å²) in [5, 5.41) is 6.33. The molecule has 2 atom stereocenters. The van der Waals surface area contributed by atoms with Gasteiger partial charge in [-0.25, -0.2) is 4.39 Å². The Balaban J connectivity index is 1.47. The summed E-state index contributed by atoms with van der Waals surface area (Å²) in [6.45, 7) is 4.43. The minimum atomic E-state index is -0.211. The highest BCUT2D eigenvalue weighted by atomic mass is 79.9. The molecule has 0 spiro atoms. The van der Waals surface area contributed by atoms with Crippen LogP contribution in [-0.4, -0.2) is 43.0 Å². The zero-order chi connectivity index (χ0) is 16.9. The summed E-state index contributed by atoms with van der Waals surface area (Å²) in [6, 6.07) is 5.32. The van der Waals surface area contributed by atoms with Crippen molar-refractivity contribution in [3.63, 3.8) is 0 Å². The second-order valence-corrected chi connectivity index (χ2v) is 7.74. The van der Waals surface area contributed by atoms with Gasteiger partial charge >= 0.3 is 0 Å². The first kappa shape index (κ1) is 17.8. The van der Waals surface area contributed by atoms with Crippen molar-refractivity contribution in [3.05, 3.63) is 34.1 Å². The van der Waals surface area contributed by atoms with Gasteiger partial charge in [0.1, 0.15) is 5.82 Å². The third-order valence-electron chi connectivity index (χ3n) is 4.94. The standard InChI is InChI=1S/C18H25BrFN3O/c19-15-6-5-13(9-16(15)20)11-23-8-2-3-14(12-23)10-22-18(24)17-4-1-7-21-17/h5-6,9,14,17,21H,1-4,7-8,10-12H2,(H,22,24). The van der Waals surface area contributed by atoms with Crippen molar-refractivity contribution in [2.24, 2.45) is 5.92 Å². The number of likely N-dealkylation sites (tertiary alicyclic amines) is 1. The first-order valence-corrected chi connectivity index (χ1v) is 9.58. The molecule has 2 unspecified atom stereocenters. The van der Waals surface area contributed by atoms with E-state index < -0.39 is 0 Å². The minimum absolute atomic E-state index is 0.00423. The van der Waals surface area contributed by atoms with E-state index in [4.69, 9.17) is 0 Å². The molecule has 2 aliphatic rings. The molecular weight excluding hydrogens is 373 g/mol. The van der Waals surface area contributed by atoms with Gasteiger partial charge in [-0.3, -0.25) is 9.69 Å². The molecule has 2 heterocycles. The number of carbonyl (C=O) groups excluding carboxylic acids is 1. The summed E-state index contributed by atoms with van der Waals surface area (Å²) >= 11 is 3.19. The number of carbonyl (C=O) groups is 1. The highest BCUT2D eigenvalue weighted by molar-refractivity contribution is 9.10. The van der Waals surface area contributed by atoms with Crippen LogP contribution in [0.2, 0.25) is 0 Å². The van der Waals surface area contributed by atoms with Crippen LogP contribution in [-0.2, 0) is 11.3 Å². The highest BCUT2D eigenvalue weighted by Gasteiger charge is 2.24. The van der Waals surface area contributed by atoms with Crippen molar-refractivity contribution < 1.29 is 9.18 Å². The lowest BCUT2D eigenvalue weighted by atomic mass is 9.97. The molecule has 4 nitrogen and oxygen atoms in total. The number of nitrogens with one attached hydrogen (secondary N) is 2. The Morgan fingerprint density at radius 3 is 3.00 bits per heavy atom. The number of rotatable bonds is 5. The normalized spacial score (nSPS) is 24.9. The van der Waals surface area contributed by atoms with E-state index in [9.17, 15) is 9.18 Å². The van der Waals surface area contributed by atoms with Crippen molar-refractivity contribution in [3.8, 4) is 0 Å². The Morgan fingerprint density at radius 2 is 2.25 bits per heavy atom. The fourth-order valence-corrected chi connectivity index (χ4v) is 3.88. The van der Waals surface area contributed by atoms with Gasteiger partial charge in [0.05, 0.1) is 10.5 Å². The summed E-state index contributed by atoms with van der Waals surface area (Å²) in [4.78, 5) is 14.5. The Bertz CT molecular complexity index is 577. The minimum Gasteiger partial charge on any atom is -0.354 e. The van der Waals surface area contributed by atoms with Gasteiger partial charge in [0.25, 0.3) is 0 Å². The molecule has 132 valence electrons. The lowest BCUT2D eigenvalue weighted by Crippen LogP contribution is -2.45. The molecule has 2 fully saturated rings. The second kappa shape index (κ2) is 8.41. The summed E-state index contributed by atoms with van der Waals surface area (Å²) in [7, 11) is 0. The summed E-state index contributed by atoms with van der Waals surface area (Å²) < 4.78 is 14.2. The number of hydrogen-bond acceptors (Lipinski definition) is 3. The predicted molar refractivity (Wildman–Crippen MR) is 96.1 cm³/mol. The average molecular weight is 398 g/mol. The van der Waals surface area contributed by atoms with Crippen LogP contribution in [0, 0.1) is 11.7 Å². The van der Waals surface area contributed by atoms with E-state index >= 15 is 0 Å². The van der Waals surface area contributed by atoms with Crippen LogP contribution in [0.5, 0.6) is 0 Å². The van der Waals surface area contributed by atoms with Crippen molar-refractivity contribution in [2.75, 3.05) is 26.2 Å². The highest BCUT2D eigenvalue weighted by Crippen LogP contribution is 2.21. The summed E-state index contributed by atoms with van der Waals surface area (Å²) in [5.41, 5.74) is 0.996. The van der Waals surface area contributed by atoms with Crippen molar-refractivity contribution in [2.45, 2.75) is 38.3 Å². The number of nitrogens with zero attached hydrogens (tertiary/aromatic N) is 1. The molecule has 0 bridgehead atoms. The molecule has 0 radical (unpaired) electrons. The summed E-state index contributed by atoms with van der Waals surface area (Å²) in [5.74, 6) is 0.404. The second-order valence-electron chi connectivity index (χ2n) is 6.89. The van der Waals surface area contributed by atoms with Crippen LogP contribution < -0.4 is 10.6 Å². The van der Waals surface area contributed by atoms with Gasteiger partial charge in [0.2, 0.25) is 5.91 Å². The Morgan fingerprint density at radius 1 is 1.38 bits per heavy atom. The number of halogens is 2. The van der Waals surface area contributed by atoms with E-state index in [2.05, 4.69) is 31.5 Å². The fourth-order valence-electron chi connectivity index (χ4n) is 3.63. The Hall–Kier alpha value is -0.980. The lowest BCUT2D eigenvalue weighted by molar-refractivity contribution is -0.123. The SMILES string of the molecule is O=C(NCC1CCCN(Cc2ccc(Br)c(F)c2)C1)C1CCCN1. The molecule has 3 rings (SSSR count). The monoisotopic (exact) mass is 397 g/mol. The van der Waals surface area contributed by atoms with Crippen LogP contribution in [0.4, 0.5) is 4.39 Å². The quantitative estimate of drug-likeness (QED) is 0.802. The molecule has 0 aliphatic carbocycles. The van der Waals surface area contributed by atoms with E-state index in [1.807, 2.05) is 6.07 Å². The molecule has 2 aliphatic heterocycles. The average Bonchev–Trinajstić information content (AvgIpc) is 3.11. The van der Waals surface area contributed by atoms with Gasteiger partial charge in [-0.2, -0.15) is 0 Å². The molecule has 2 N–H and O–H groups in total. The Labute approximate surface area is 151 Å². The third-order valence-corrected chi connectivity index (χ3v) is 5.58. The number of piperidine rings is 1. The van der Waals surface area contributed by atoms with E-state index in [1.54, 1.807) is 12.1 Å². The molecule has 24 heavy (non-hydrogen) atoms. The maximum Gasteiger partial charge on any atom is 0.237 e. The zero-order valence-corrected chi connectivity index (χ0v) is 15.4. The van der Waals surface area contributed by atoms with Gasteiger partial charge in [-0.15, -0.1) is 0 Å². The molecule has 0 aromatic heterocycles. The zero-order valence-electron chi connectivity index (χ0n) is 13.9. The molecule has 1 aromatic carbocycles. The molecular formula is C18H25BrFN3O. The van der Waals surface area contributed by atoms with E-state index in [1.165, 1.54) is 0 Å². The van der Waals surface area contributed by atoms with Gasteiger partial charge in [0, 0.05) is 19.6 Å². The van der Waals surface area contributed by atoms with Crippen LogP contribution >= 0.6 is 15.9 Å². The first-order valence-electron chi connectivity index (χ1n) is 8.79. The van der Waals surface area contributed by atoms with Crippen molar-refractivity contribution in [1.29, 1.82) is 0 Å². The number of amides is 1. The van der Waals surface area contributed by atoms with Crippen LogP contribution in [0.3, 0.4) is 0 Å². The maximum atomic E-state index is 13.6. The fraction of sp³-hybridized carbons (Fsp3) is 0.611. The smallest absolute Gasteiger partial charge is 0.237 e. The van der Waals surface area contributed by atoms with Crippen molar-refractivity contribution in [1.82, 2.24) is 15.5 Å². The molecule has 0 saturated carbocycles. The van der Waals surface area contributed by atoms with Gasteiger partial charge in [-0.05, 0) is 78.3 Å². The Kier molecular flexibility index (Phi) is 6.25. The van der Waals surface area contributed by atoms with E-state index in [0.29, 0.717) is 10.4 Å². The topological polar surface area (TPSA) is 44.4 Å². The van der Waals surface area contributed by atoms with Gasteiger partial charge in [-0.1, -0.05) is 6.07 Å². The van der Waals surface area contributed by atoms with Crippen molar-refractivity contribution >= 4 is 21.8 Å². The number of benzene rings is 1. The van der Waals surface area contributed by atoms with Crippen LogP contribution in [0.1, 0.15) is 31.2 Å². The molecule has 1 amide bonds. The predicted octanol–water partition coefficient (Wildman–Crippen LogP) is 2.67. The van der Waals surface area contributed by atoms with E-state index in [0.717, 1.165) is 64.0 Å². The van der Waals surface area contributed by atoms with E-state index in [-0.39, 0.29) is 17.8 Å². The van der Waals surface area contributed by atoms with Crippen LogP contribution in [0.25, 0.3) is 0 Å². The van der Waals surface area contributed by atoms with Gasteiger partial charge < -0.3 is 10.6 Å². The van der Waals surface area contributed by atoms with Crippen LogP contribution in [0.15, 0.2) is 22.7 Å². The first-order chi connectivity index (χ1) is 11.6. The third kappa shape index (κ3) is 4.77. The molecule has 1 aromatic rings. The maximum absolute atomic E-state index is 13.6. The molecule has 2 saturated heterocycles. The lowest BCUT2D eigenvalue weighted by Gasteiger charge is -2.33. The largest absolute Gasteiger partial charge is 0.354 e. The number of hydrogen-bond donors (Lipinski definition) is 2. The van der Waals surface area contributed by atoms with Gasteiger partial charge in [0.15, 0.2) is 0 Å². The summed E-state index contributed by atoms with van der Waals surface area (Å²) in [6.07, 6.45) is 4.29.